The number of ketones is 1. The number of carbonyl (C=O) groups excluding carboxylic acids is 1. The number of carbonyl (C=O) groups is 1. The minimum atomic E-state index is -0.00411. The predicted octanol–water partition coefficient (Wildman–Crippen LogP) is 2.45. The highest BCUT2D eigenvalue weighted by atomic mass is 16.5. The van der Waals surface area contributed by atoms with Crippen molar-refractivity contribution in [3.63, 3.8) is 0 Å². The molecule has 1 aromatic rings. The first-order valence-electron chi connectivity index (χ1n) is 6.64. The van der Waals surface area contributed by atoms with E-state index in [4.69, 9.17) is 14.2 Å². The normalized spacial score (nSPS) is 28.4. The zero-order valence-corrected chi connectivity index (χ0v) is 11.2. The van der Waals surface area contributed by atoms with Gasteiger partial charge in [-0.05, 0) is 31.4 Å². The summed E-state index contributed by atoms with van der Waals surface area (Å²) in [5.74, 6) is 1.43. The molecule has 0 N–H and O–H groups in total. The minimum Gasteiger partial charge on any atom is -0.497 e. The summed E-state index contributed by atoms with van der Waals surface area (Å²) in [5, 5.41) is 0. The van der Waals surface area contributed by atoms with Gasteiger partial charge in [0.05, 0.1) is 32.3 Å². The number of Topliss-reactive ketones (excluding diaryl/α,β-unsaturated/α-hetero) is 1. The second-order valence-electron chi connectivity index (χ2n) is 5.18. The summed E-state index contributed by atoms with van der Waals surface area (Å²) in [6.07, 6.45) is 3.34. The molecule has 3 atom stereocenters. The largest absolute Gasteiger partial charge is 0.497 e. The zero-order valence-electron chi connectivity index (χ0n) is 11.2. The van der Waals surface area contributed by atoms with Crippen molar-refractivity contribution in [3.8, 4) is 11.5 Å². The Morgan fingerprint density at radius 1 is 1.16 bits per heavy atom. The van der Waals surface area contributed by atoms with Gasteiger partial charge in [-0.25, -0.2) is 0 Å². The third-order valence-corrected chi connectivity index (χ3v) is 4.08. The molecule has 2 aliphatic rings. The van der Waals surface area contributed by atoms with Gasteiger partial charge in [0.1, 0.15) is 11.5 Å². The number of methoxy groups -OCH3 is 2. The third-order valence-electron chi connectivity index (χ3n) is 4.08. The standard InChI is InChI=1S/C15H18O4/c1-17-11-5-9(6-12(7-11)18-2)15(16)13-8-10-3-4-14(13)19-10/h5-7,10,13-14H,3-4,8H2,1-2H3. The molecule has 2 aliphatic heterocycles. The summed E-state index contributed by atoms with van der Waals surface area (Å²) in [5.41, 5.74) is 0.650. The molecule has 2 bridgehead atoms. The first-order valence-corrected chi connectivity index (χ1v) is 6.64. The lowest BCUT2D eigenvalue weighted by atomic mass is 9.84. The van der Waals surface area contributed by atoms with Crippen LogP contribution in [0.2, 0.25) is 0 Å². The number of fused-ring (bicyclic) bond motifs is 2. The molecule has 0 aliphatic carbocycles. The second-order valence-corrected chi connectivity index (χ2v) is 5.18. The van der Waals surface area contributed by atoms with Crippen molar-refractivity contribution >= 4 is 5.78 Å². The minimum absolute atomic E-state index is 0.00411. The first-order chi connectivity index (χ1) is 9.21. The van der Waals surface area contributed by atoms with Crippen molar-refractivity contribution in [2.45, 2.75) is 31.5 Å². The lowest BCUT2D eigenvalue weighted by molar-refractivity contribution is 0.0743. The van der Waals surface area contributed by atoms with E-state index in [2.05, 4.69) is 0 Å². The van der Waals surface area contributed by atoms with Crippen molar-refractivity contribution in [1.29, 1.82) is 0 Å². The van der Waals surface area contributed by atoms with Crippen LogP contribution in [0.3, 0.4) is 0 Å². The quantitative estimate of drug-likeness (QED) is 0.782. The van der Waals surface area contributed by atoms with E-state index < -0.39 is 0 Å². The molecule has 0 amide bonds. The van der Waals surface area contributed by atoms with Gasteiger partial charge < -0.3 is 14.2 Å². The molecule has 102 valence electrons. The smallest absolute Gasteiger partial charge is 0.168 e. The highest BCUT2D eigenvalue weighted by Gasteiger charge is 2.44. The monoisotopic (exact) mass is 262 g/mol. The molecule has 3 rings (SSSR count). The molecule has 4 nitrogen and oxygen atoms in total. The Morgan fingerprint density at radius 3 is 2.32 bits per heavy atom. The van der Waals surface area contributed by atoms with Crippen LogP contribution in [0.5, 0.6) is 11.5 Å². The SMILES string of the molecule is COc1cc(OC)cc(C(=O)C2CC3CCC2O3)c1. The predicted molar refractivity (Wildman–Crippen MR) is 69.9 cm³/mol. The van der Waals surface area contributed by atoms with Crippen LogP contribution in [0, 0.1) is 5.92 Å². The topological polar surface area (TPSA) is 44.8 Å². The van der Waals surface area contributed by atoms with Crippen molar-refractivity contribution in [3.05, 3.63) is 23.8 Å². The molecule has 2 saturated heterocycles. The molecule has 0 aromatic heterocycles. The van der Waals surface area contributed by atoms with Gasteiger partial charge >= 0.3 is 0 Å². The van der Waals surface area contributed by atoms with E-state index in [-0.39, 0.29) is 23.9 Å². The Balaban J connectivity index is 1.87. The maximum atomic E-state index is 12.6. The number of hydrogen-bond donors (Lipinski definition) is 0. The number of hydrogen-bond acceptors (Lipinski definition) is 4. The summed E-state index contributed by atoms with van der Waals surface area (Å²) in [6, 6.07) is 5.32. The van der Waals surface area contributed by atoms with E-state index in [0.29, 0.717) is 17.1 Å². The molecular weight excluding hydrogens is 244 g/mol. The molecule has 0 radical (unpaired) electrons. The van der Waals surface area contributed by atoms with Crippen LogP contribution in [-0.4, -0.2) is 32.2 Å². The van der Waals surface area contributed by atoms with Crippen LogP contribution in [-0.2, 0) is 4.74 Å². The zero-order chi connectivity index (χ0) is 13.4. The van der Waals surface area contributed by atoms with E-state index in [1.807, 2.05) is 0 Å². The van der Waals surface area contributed by atoms with E-state index in [9.17, 15) is 4.79 Å². The highest BCUT2D eigenvalue weighted by molar-refractivity contribution is 5.99. The van der Waals surface area contributed by atoms with Gasteiger partial charge in [-0.2, -0.15) is 0 Å². The molecule has 2 fully saturated rings. The van der Waals surface area contributed by atoms with Gasteiger partial charge in [0.15, 0.2) is 5.78 Å². The Bertz CT molecular complexity index is 475. The Kier molecular flexibility index (Phi) is 3.19. The van der Waals surface area contributed by atoms with Gasteiger partial charge in [-0.15, -0.1) is 0 Å². The highest BCUT2D eigenvalue weighted by Crippen LogP contribution is 2.40. The Hall–Kier alpha value is -1.55. The molecule has 0 saturated carbocycles. The van der Waals surface area contributed by atoms with Crippen LogP contribution in [0.1, 0.15) is 29.6 Å². The van der Waals surface area contributed by atoms with Gasteiger partial charge in [0, 0.05) is 11.6 Å². The number of benzene rings is 1. The third kappa shape index (κ3) is 2.21. The maximum absolute atomic E-state index is 12.6. The van der Waals surface area contributed by atoms with Gasteiger partial charge in [-0.1, -0.05) is 0 Å². The number of rotatable bonds is 4. The lowest BCUT2D eigenvalue weighted by Gasteiger charge is -2.18. The van der Waals surface area contributed by atoms with Gasteiger partial charge in [-0.3, -0.25) is 4.79 Å². The fourth-order valence-electron chi connectivity index (χ4n) is 3.08. The molecule has 4 heteroatoms. The molecule has 2 heterocycles. The van der Waals surface area contributed by atoms with Crippen molar-refractivity contribution in [2.24, 2.45) is 5.92 Å². The second kappa shape index (κ2) is 4.85. The summed E-state index contributed by atoms with van der Waals surface area (Å²) < 4.78 is 16.2. The van der Waals surface area contributed by atoms with Crippen LogP contribution in [0.25, 0.3) is 0 Å². The summed E-state index contributed by atoms with van der Waals surface area (Å²) >= 11 is 0. The summed E-state index contributed by atoms with van der Waals surface area (Å²) in [7, 11) is 3.17. The van der Waals surface area contributed by atoms with E-state index >= 15 is 0 Å². The van der Waals surface area contributed by atoms with E-state index in [1.54, 1.807) is 32.4 Å². The van der Waals surface area contributed by atoms with Gasteiger partial charge in [0.25, 0.3) is 0 Å². The molecular formula is C15H18O4. The summed E-state index contributed by atoms with van der Waals surface area (Å²) in [6.45, 7) is 0. The van der Waals surface area contributed by atoms with Crippen LogP contribution in [0.15, 0.2) is 18.2 Å². The Labute approximate surface area is 112 Å². The number of ether oxygens (including phenoxy) is 3. The van der Waals surface area contributed by atoms with Crippen LogP contribution < -0.4 is 9.47 Å². The average Bonchev–Trinajstić information content (AvgIpc) is 3.08. The summed E-state index contributed by atoms with van der Waals surface area (Å²) in [4.78, 5) is 12.6. The Morgan fingerprint density at radius 2 is 1.84 bits per heavy atom. The van der Waals surface area contributed by atoms with Crippen molar-refractivity contribution in [1.82, 2.24) is 0 Å². The fourth-order valence-corrected chi connectivity index (χ4v) is 3.08. The van der Waals surface area contributed by atoms with Crippen molar-refractivity contribution < 1.29 is 19.0 Å². The van der Waals surface area contributed by atoms with Crippen LogP contribution >= 0.6 is 0 Å². The van der Waals surface area contributed by atoms with E-state index in [0.717, 1.165) is 19.3 Å². The first kappa shape index (κ1) is 12.5. The van der Waals surface area contributed by atoms with Gasteiger partial charge in [0.2, 0.25) is 0 Å². The van der Waals surface area contributed by atoms with E-state index in [1.165, 1.54) is 0 Å². The molecule has 0 spiro atoms. The fraction of sp³-hybridized carbons (Fsp3) is 0.533. The maximum Gasteiger partial charge on any atom is 0.168 e. The molecule has 3 unspecified atom stereocenters. The lowest BCUT2D eigenvalue weighted by Crippen LogP contribution is -2.25. The van der Waals surface area contributed by atoms with Crippen molar-refractivity contribution in [2.75, 3.05) is 14.2 Å². The van der Waals surface area contributed by atoms with Crippen LogP contribution in [0.4, 0.5) is 0 Å². The molecule has 1 aromatic carbocycles. The average molecular weight is 262 g/mol. The molecule has 19 heavy (non-hydrogen) atoms.